The van der Waals surface area contributed by atoms with Crippen LogP contribution in [-0.2, 0) is 6.42 Å². The number of nitrogens with zero attached hydrogens (tertiary/aromatic N) is 2. The van der Waals surface area contributed by atoms with E-state index in [1.54, 1.807) is 11.3 Å². The fraction of sp³-hybridized carbons (Fsp3) is 0.286. The quantitative estimate of drug-likeness (QED) is 0.535. The lowest BCUT2D eigenvalue weighted by Gasteiger charge is -2.24. The predicted molar refractivity (Wildman–Crippen MR) is 105 cm³/mol. The standard InChI is InChI=1S/C21H24N2S/c1-4-19-15-24-21(22-19)23(14-16(2)3)20-12-10-18(11-13-20)17-8-6-5-7-9-17/h5-13,15-16H,4,14H2,1-3H3. The minimum atomic E-state index is 0.577. The fourth-order valence-electron chi connectivity index (χ4n) is 2.71. The average molecular weight is 337 g/mol. The van der Waals surface area contributed by atoms with Crippen LogP contribution in [0.4, 0.5) is 10.8 Å². The van der Waals surface area contributed by atoms with Crippen molar-refractivity contribution in [1.82, 2.24) is 4.98 Å². The van der Waals surface area contributed by atoms with Crippen LogP contribution >= 0.6 is 11.3 Å². The molecular formula is C21H24N2S. The summed E-state index contributed by atoms with van der Waals surface area (Å²) in [5.74, 6) is 0.577. The average Bonchev–Trinajstić information content (AvgIpc) is 3.09. The monoisotopic (exact) mass is 336 g/mol. The van der Waals surface area contributed by atoms with Gasteiger partial charge in [-0.2, -0.15) is 0 Å². The Balaban J connectivity index is 1.90. The largest absolute Gasteiger partial charge is 0.318 e. The lowest BCUT2D eigenvalue weighted by atomic mass is 10.1. The first kappa shape index (κ1) is 16.7. The number of hydrogen-bond acceptors (Lipinski definition) is 3. The summed E-state index contributed by atoms with van der Waals surface area (Å²) in [7, 11) is 0. The Morgan fingerprint density at radius 3 is 2.21 bits per heavy atom. The van der Waals surface area contributed by atoms with E-state index in [2.05, 4.69) is 85.6 Å². The van der Waals surface area contributed by atoms with Crippen molar-refractivity contribution in [3.8, 4) is 11.1 Å². The van der Waals surface area contributed by atoms with Crippen LogP contribution in [0, 0.1) is 5.92 Å². The normalized spacial score (nSPS) is 11.0. The Hall–Kier alpha value is -2.13. The second-order valence-electron chi connectivity index (χ2n) is 6.39. The van der Waals surface area contributed by atoms with Crippen LogP contribution in [0.5, 0.6) is 0 Å². The third kappa shape index (κ3) is 3.85. The molecule has 0 saturated heterocycles. The molecule has 0 amide bonds. The molecule has 1 aromatic heterocycles. The van der Waals surface area contributed by atoms with Gasteiger partial charge < -0.3 is 4.90 Å². The van der Waals surface area contributed by atoms with Crippen LogP contribution in [0.15, 0.2) is 60.0 Å². The highest BCUT2D eigenvalue weighted by atomic mass is 32.1. The van der Waals surface area contributed by atoms with Crippen molar-refractivity contribution in [1.29, 1.82) is 0 Å². The zero-order valence-corrected chi connectivity index (χ0v) is 15.4. The van der Waals surface area contributed by atoms with Crippen molar-refractivity contribution in [3.05, 3.63) is 65.7 Å². The molecule has 0 aliphatic heterocycles. The molecule has 3 rings (SSSR count). The van der Waals surface area contributed by atoms with Crippen molar-refractivity contribution < 1.29 is 0 Å². The zero-order chi connectivity index (χ0) is 16.9. The first-order valence-electron chi connectivity index (χ1n) is 8.54. The molecule has 0 N–H and O–H groups in total. The fourth-order valence-corrected chi connectivity index (χ4v) is 3.64. The van der Waals surface area contributed by atoms with Gasteiger partial charge in [0.1, 0.15) is 0 Å². The summed E-state index contributed by atoms with van der Waals surface area (Å²) in [6.07, 6.45) is 0.985. The lowest BCUT2D eigenvalue weighted by molar-refractivity contribution is 0.650. The second-order valence-corrected chi connectivity index (χ2v) is 7.23. The Bertz CT molecular complexity index is 760. The summed E-state index contributed by atoms with van der Waals surface area (Å²) in [5.41, 5.74) is 4.88. The van der Waals surface area contributed by atoms with Gasteiger partial charge >= 0.3 is 0 Å². The van der Waals surface area contributed by atoms with Gasteiger partial charge in [-0.1, -0.05) is 63.2 Å². The summed E-state index contributed by atoms with van der Waals surface area (Å²) in [4.78, 5) is 7.12. The van der Waals surface area contributed by atoms with Gasteiger partial charge in [-0.15, -0.1) is 11.3 Å². The molecule has 0 aliphatic carbocycles. The van der Waals surface area contributed by atoms with E-state index in [9.17, 15) is 0 Å². The molecule has 0 spiro atoms. The number of aryl methyl sites for hydroxylation is 1. The van der Waals surface area contributed by atoms with E-state index in [1.807, 2.05) is 0 Å². The minimum Gasteiger partial charge on any atom is -0.318 e. The van der Waals surface area contributed by atoms with Gasteiger partial charge in [0.15, 0.2) is 5.13 Å². The van der Waals surface area contributed by atoms with Crippen LogP contribution in [0.25, 0.3) is 11.1 Å². The topological polar surface area (TPSA) is 16.1 Å². The van der Waals surface area contributed by atoms with E-state index in [0.29, 0.717) is 5.92 Å². The second kappa shape index (κ2) is 7.63. The molecule has 3 aromatic rings. The zero-order valence-electron chi connectivity index (χ0n) is 14.6. The van der Waals surface area contributed by atoms with Crippen molar-refractivity contribution in [2.45, 2.75) is 27.2 Å². The van der Waals surface area contributed by atoms with E-state index in [0.717, 1.165) is 18.1 Å². The maximum absolute atomic E-state index is 4.78. The predicted octanol–water partition coefficient (Wildman–Crippen LogP) is 6.17. The summed E-state index contributed by atoms with van der Waals surface area (Å²) in [6, 6.07) is 19.3. The Labute approximate surface area is 148 Å². The van der Waals surface area contributed by atoms with E-state index >= 15 is 0 Å². The van der Waals surface area contributed by atoms with Crippen molar-refractivity contribution in [3.63, 3.8) is 0 Å². The van der Waals surface area contributed by atoms with E-state index in [-0.39, 0.29) is 0 Å². The highest BCUT2D eigenvalue weighted by Gasteiger charge is 2.15. The molecule has 0 atom stereocenters. The minimum absolute atomic E-state index is 0.577. The molecular weight excluding hydrogens is 312 g/mol. The third-order valence-corrected chi connectivity index (χ3v) is 4.88. The summed E-state index contributed by atoms with van der Waals surface area (Å²) in [5, 5.41) is 3.26. The van der Waals surface area contributed by atoms with Crippen LogP contribution in [0.1, 0.15) is 26.5 Å². The first-order chi connectivity index (χ1) is 11.7. The SMILES string of the molecule is CCc1csc(N(CC(C)C)c2ccc(-c3ccccc3)cc2)n1. The molecule has 0 bridgehead atoms. The molecule has 124 valence electrons. The Morgan fingerprint density at radius 2 is 1.62 bits per heavy atom. The summed E-state index contributed by atoms with van der Waals surface area (Å²) in [6.45, 7) is 7.63. The molecule has 2 aromatic carbocycles. The van der Waals surface area contributed by atoms with Gasteiger partial charge in [0.2, 0.25) is 0 Å². The molecule has 0 fully saturated rings. The van der Waals surface area contributed by atoms with Crippen molar-refractivity contribution in [2.75, 3.05) is 11.4 Å². The van der Waals surface area contributed by atoms with Crippen molar-refractivity contribution >= 4 is 22.2 Å². The van der Waals surface area contributed by atoms with Crippen LogP contribution in [0.3, 0.4) is 0 Å². The highest BCUT2D eigenvalue weighted by Crippen LogP contribution is 2.31. The highest BCUT2D eigenvalue weighted by molar-refractivity contribution is 7.13. The van der Waals surface area contributed by atoms with Gasteiger partial charge in [-0.3, -0.25) is 0 Å². The van der Waals surface area contributed by atoms with E-state index in [4.69, 9.17) is 4.98 Å². The summed E-state index contributed by atoms with van der Waals surface area (Å²) < 4.78 is 0. The van der Waals surface area contributed by atoms with Crippen molar-refractivity contribution in [2.24, 2.45) is 5.92 Å². The van der Waals surface area contributed by atoms with Crippen LogP contribution < -0.4 is 4.90 Å². The van der Waals surface area contributed by atoms with Gasteiger partial charge in [0.05, 0.1) is 5.69 Å². The number of thiazole rings is 1. The molecule has 2 nitrogen and oxygen atoms in total. The molecule has 0 radical (unpaired) electrons. The Morgan fingerprint density at radius 1 is 0.958 bits per heavy atom. The number of rotatable bonds is 6. The number of hydrogen-bond donors (Lipinski definition) is 0. The van der Waals surface area contributed by atoms with E-state index in [1.165, 1.54) is 22.5 Å². The maximum Gasteiger partial charge on any atom is 0.190 e. The molecule has 0 saturated carbocycles. The maximum atomic E-state index is 4.78. The molecule has 1 heterocycles. The number of aromatic nitrogens is 1. The number of benzene rings is 2. The van der Waals surface area contributed by atoms with Crippen LogP contribution in [-0.4, -0.2) is 11.5 Å². The third-order valence-electron chi connectivity index (χ3n) is 3.97. The van der Waals surface area contributed by atoms with Gasteiger partial charge in [-0.05, 0) is 35.6 Å². The molecule has 0 unspecified atom stereocenters. The van der Waals surface area contributed by atoms with Gasteiger partial charge in [0, 0.05) is 17.6 Å². The Kier molecular flexibility index (Phi) is 5.31. The smallest absolute Gasteiger partial charge is 0.190 e. The molecule has 3 heteroatoms. The van der Waals surface area contributed by atoms with E-state index < -0.39 is 0 Å². The first-order valence-corrected chi connectivity index (χ1v) is 9.42. The lowest BCUT2D eigenvalue weighted by Crippen LogP contribution is -2.22. The number of anilines is 2. The van der Waals surface area contributed by atoms with Gasteiger partial charge in [0.25, 0.3) is 0 Å². The van der Waals surface area contributed by atoms with Gasteiger partial charge in [-0.25, -0.2) is 4.98 Å². The molecule has 0 aliphatic rings. The van der Waals surface area contributed by atoms with Crippen LogP contribution in [0.2, 0.25) is 0 Å². The summed E-state index contributed by atoms with van der Waals surface area (Å²) >= 11 is 1.73. The molecule has 24 heavy (non-hydrogen) atoms.